The second-order valence-electron chi connectivity index (χ2n) is 5.69. The van der Waals surface area contributed by atoms with Crippen LogP contribution in [0.15, 0.2) is 22.8 Å². The maximum absolute atomic E-state index is 14.2. The molecule has 1 atom stereocenters. The zero-order valence-corrected chi connectivity index (χ0v) is 14.7. The van der Waals surface area contributed by atoms with Gasteiger partial charge in [-0.15, -0.1) is 0 Å². The Bertz CT molecular complexity index is 1040. The Kier molecular flexibility index (Phi) is 3.57. The van der Waals surface area contributed by atoms with E-state index in [4.69, 9.17) is 12.2 Å². The van der Waals surface area contributed by atoms with Gasteiger partial charge in [0.25, 0.3) is 0 Å². The molecule has 1 aliphatic heterocycles. The van der Waals surface area contributed by atoms with Gasteiger partial charge < -0.3 is 14.7 Å². The number of fused-ring (bicyclic) bond motifs is 2. The highest BCUT2D eigenvalue weighted by Crippen LogP contribution is 2.30. The molecule has 0 amide bonds. The predicted octanol–water partition coefficient (Wildman–Crippen LogP) is 3.42. The molecule has 9 heteroatoms. The van der Waals surface area contributed by atoms with Crippen LogP contribution < -0.4 is 0 Å². The van der Waals surface area contributed by atoms with E-state index in [0.717, 1.165) is 25.1 Å². The number of carboxylic acid groups (broad SMARTS) is 1. The van der Waals surface area contributed by atoms with Crippen molar-refractivity contribution < 1.29 is 14.3 Å². The zero-order valence-electron chi connectivity index (χ0n) is 12.3. The van der Waals surface area contributed by atoms with Crippen molar-refractivity contribution in [2.45, 2.75) is 25.4 Å². The van der Waals surface area contributed by atoms with Gasteiger partial charge in [-0.25, -0.2) is 9.18 Å². The maximum Gasteiger partial charge on any atom is 0.334 e. The smallest absolute Gasteiger partial charge is 0.334 e. The van der Waals surface area contributed by atoms with Crippen LogP contribution in [-0.4, -0.2) is 30.4 Å². The Hall–Kier alpha value is -2.00. The van der Waals surface area contributed by atoms with Gasteiger partial charge in [-0.1, -0.05) is 0 Å². The quantitative estimate of drug-likeness (QED) is 0.648. The van der Waals surface area contributed by atoms with Gasteiger partial charge in [0.05, 0.1) is 10.2 Å². The van der Waals surface area contributed by atoms with Crippen LogP contribution >= 0.6 is 28.1 Å². The first-order chi connectivity index (χ1) is 11.5. The Morgan fingerprint density at radius 1 is 1.50 bits per heavy atom. The summed E-state index contributed by atoms with van der Waals surface area (Å²) < 4.78 is 18.2. The summed E-state index contributed by atoms with van der Waals surface area (Å²) in [6.45, 7) is 0.777. The largest absolute Gasteiger partial charge is 0.479 e. The summed E-state index contributed by atoms with van der Waals surface area (Å²) in [7, 11) is 0. The van der Waals surface area contributed by atoms with E-state index < -0.39 is 17.8 Å². The molecule has 0 saturated carbocycles. The number of carboxylic acids is 1. The number of nitrogens with one attached hydrogen (secondary N) is 1. The highest BCUT2D eigenvalue weighted by molar-refractivity contribution is 9.10. The minimum atomic E-state index is -1.08. The molecule has 0 spiro atoms. The number of imidazole rings is 1. The van der Waals surface area contributed by atoms with Crippen molar-refractivity contribution >= 4 is 45.0 Å². The fourth-order valence-corrected chi connectivity index (χ4v) is 3.84. The third kappa shape index (κ3) is 2.22. The number of aliphatic carboxylic acids is 1. The predicted molar refractivity (Wildman–Crippen MR) is 91.1 cm³/mol. The molecule has 124 valence electrons. The molecule has 2 aromatic heterocycles. The lowest BCUT2D eigenvalue weighted by Crippen LogP contribution is -2.22. The third-order valence-electron chi connectivity index (χ3n) is 4.28. The molecule has 6 nitrogen and oxygen atoms in total. The molecular formula is C15H12BrFN4O2S. The number of carbonyl (C=O) groups is 1. The summed E-state index contributed by atoms with van der Waals surface area (Å²) in [6.07, 6.45) is 3.22. The lowest BCUT2D eigenvalue weighted by molar-refractivity contribution is -0.139. The van der Waals surface area contributed by atoms with E-state index in [9.17, 15) is 14.3 Å². The summed E-state index contributed by atoms with van der Waals surface area (Å²) in [4.78, 5) is 14.9. The lowest BCUT2D eigenvalue weighted by atomic mass is 10.1. The van der Waals surface area contributed by atoms with E-state index in [1.165, 1.54) is 4.68 Å². The highest BCUT2D eigenvalue weighted by Gasteiger charge is 2.31. The minimum Gasteiger partial charge on any atom is -0.479 e. The number of nitrogens with zero attached hydrogens (tertiary/aromatic N) is 3. The van der Waals surface area contributed by atoms with E-state index in [1.54, 1.807) is 18.3 Å². The fraction of sp³-hybridized carbons (Fsp3) is 0.267. The second-order valence-corrected chi connectivity index (χ2v) is 6.94. The monoisotopic (exact) mass is 410 g/mol. The van der Waals surface area contributed by atoms with Crippen LogP contribution in [0.25, 0.3) is 10.9 Å². The van der Waals surface area contributed by atoms with Crippen LogP contribution in [-0.2, 0) is 17.8 Å². The molecule has 0 bridgehead atoms. The van der Waals surface area contributed by atoms with Gasteiger partial charge in [-0.05, 0) is 53.1 Å². The standard InChI is InChI=1S/C15H12BrFN4O2S/c16-8-4-3-7-6-21(19-11(7)10(8)17)13(14(22)23)12-9-2-1-5-20(9)15(24)18-12/h3-4,6,13H,1-2,5H2,(H,18,24)(H,22,23). The Morgan fingerprint density at radius 2 is 2.29 bits per heavy atom. The van der Waals surface area contributed by atoms with Crippen LogP contribution in [0.4, 0.5) is 4.39 Å². The summed E-state index contributed by atoms with van der Waals surface area (Å²) in [5.74, 6) is -1.58. The van der Waals surface area contributed by atoms with Crippen molar-refractivity contribution in [1.82, 2.24) is 19.3 Å². The van der Waals surface area contributed by atoms with Crippen molar-refractivity contribution in [3.05, 3.63) is 44.8 Å². The molecule has 1 aromatic carbocycles. The number of aromatic nitrogens is 4. The number of hydrogen-bond donors (Lipinski definition) is 2. The second kappa shape index (κ2) is 5.52. The summed E-state index contributed by atoms with van der Waals surface area (Å²) >= 11 is 8.39. The molecule has 4 rings (SSSR count). The Labute approximate surface area is 149 Å². The van der Waals surface area contributed by atoms with Gasteiger partial charge in [0, 0.05) is 23.8 Å². The highest BCUT2D eigenvalue weighted by atomic mass is 79.9. The number of aromatic amines is 1. The molecule has 3 heterocycles. The van der Waals surface area contributed by atoms with Gasteiger partial charge in [-0.2, -0.15) is 5.10 Å². The molecule has 0 radical (unpaired) electrons. The first-order valence-corrected chi connectivity index (χ1v) is 8.54. The van der Waals surface area contributed by atoms with Gasteiger partial charge in [0.2, 0.25) is 0 Å². The number of halogens is 2. The first-order valence-electron chi connectivity index (χ1n) is 7.34. The molecular weight excluding hydrogens is 399 g/mol. The first kappa shape index (κ1) is 15.5. The van der Waals surface area contributed by atoms with Crippen molar-refractivity contribution in [1.29, 1.82) is 0 Å². The van der Waals surface area contributed by atoms with Crippen LogP contribution in [0.3, 0.4) is 0 Å². The van der Waals surface area contributed by atoms with Crippen molar-refractivity contribution in [2.75, 3.05) is 0 Å². The van der Waals surface area contributed by atoms with E-state index in [2.05, 4.69) is 26.0 Å². The maximum atomic E-state index is 14.2. The van der Waals surface area contributed by atoms with Gasteiger partial charge in [0.1, 0.15) is 5.52 Å². The molecule has 1 unspecified atom stereocenters. The van der Waals surface area contributed by atoms with Gasteiger partial charge >= 0.3 is 5.97 Å². The number of benzene rings is 1. The van der Waals surface area contributed by atoms with Crippen LogP contribution in [0.5, 0.6) is 0 Å². The fourth-order valence-electron chi connectivity index (χ4n) is 3.21. The summed E-state index contributed by atoms with van der Waals surface area (Å²) in [5.41, 5.74) is 1.52. The van der Waals surface area contributed by atoms with E-state index in [0.29, 0.717) is 15.9 Å². The van der Waals surface area contributed by atoms with Gasteiger partial charge in [0.15, 0.2) is 16.6 Å². The van der Waals surface area contributed by atoms with Crippen LogP contribution in [0.2, 0.25) is 0 Å². The normalized spacial score (nSPS) is 14.9. The molecule has 0 fully saturated rings. The average molecular weight is 411 g/mol. The van der Waals surface area contributed by atoms with Gasteiger partial charge in [-0.3, -0.25) is 4.68 Å². The topological polar surface area (TPSA) is 75.8 Å². The molecule has 2 N–H and O–H groups in total. The van der Waals surface area contributed by atoms with Crippen molar-refractivity contribution in [2.24, 2.45) is 0 Å². The average Bonchev–Trinajstić information content (AvgIpc) is 3.22. The molecule has 1 aliphatic rings. The van der Waals surface area contributed by atoms with E-state index in [1.807, 2.05) is 4.57 Å². The molecule has 24 heavy (non-hydrogen) atoms. The SMILES string of the molecule is O=C(O)C(c1[nH]c(=S)n2c1CCC2)n1cc2ccc(Br)c(F)c2n1. The molecule has 0 aliphatic carbocycles. The van der Waals surface area contributed by atoms with E-state index in [-0.39, 0.29) is 9.99 Å². The number of hydrogen-bond acceptors (Lipinski definition) is 3. The zero-order chi connectivity index (χ0) is 17.0. The Balaban J connectivity index is 1.91. The molecule has 3 aromatic rings. The Morgan fingerprint density at radius 3 is 3.04 bits per heavy atom. The van der Waals surface area contributed by atoms with Crippen molar-refractivity contribution in [3.63, 3.8) is 0 Å². The number of rotatable bonds is 3. The third-order valence-corrected chi connectivity index (χ3v) is 5.21. The van der Waals surface area contributed by atoms with Crippen LogP contribution in [0.1, 0.15) is 23.9 Å². The lowest BCUT2D eigenvalue weighted by Gasteiger charge is -2.12. The minimum absolute atomic E-state index is 0.130. The molecule has 0 saturated heterocycles. The van der Waals surface area contributed by atoms with Crippen LogP contribution in [0, 0.1) is 10.6 Å². The number of H-pyrrole nitrogens is 1. The summed E-state index contributed by atoms with van der Waals surface area (Å²) in [5, 5.41) is 14.5. The van der Waals surface area contributed by atoms with E-state index >= 15 is 0 Å². The summed E-state index contributed by atoms with van der Waals surface area (Å²) in [6, 6.07) is 2.19. The van der Waals surface area contributed by atoms with Crippen molar-refractivity contribution in [3.8, 4) is 0 Å².